The molecule has 2 aliphatic rings. The fourth-order valence-corrected chi connectivity index (χ4v) is 2.32. The number of hydrogen-bond acceptors (Lipinski definition) is 0. The Hall–Kier alpha value is -0.260. The van der Waals surface area contributed by atoms with Crippen molar-refractivity contribution in [2.45, 2.75) is 32.6 Å². The molecule has 0 N–H and O–H groups in total. The van der Waals surface area contributed by atoms with Crippen LogP contribution in [0.4, 0.5) is 0 Å². The molecule has 0 aromatic carbocycles. The minimum Gasteiger partial charge on any atom is -0.0996 e. The molecule has 56 valence electrons. The lowest BCUT2D eigenvalue weighted by atomic mass is 9.60. The van der Waals surface area contributed by atoms with Gasteiger partial charge in [-0.05, 0) is 37.0 Å². The second-order valence-corrected chi connectivity index (χ2v) is 4.02. The van der Waals surface area contributed by atoms with E-state index in [4.69, 9.17) is 0 Å². The molecule has 2 saturated carbocycles. The van der Waals surface area contributed by atoms with Gasteiger partial charge in [0.1, 0.15) is 0 Å². The van der Waals surface area contributed by atoms with Crippen LogP contribution in [0.1, 0.15) is 32.6 Å². The monoisotopic (exact) mass is 136 g/mol. The van der Waals surface area contributed by atoms with Crippen molar-refractivity contribution in [1.29, 1.82) is 0 Å². The van der Waals surface area contributed by atoms with E-state index < -0.39 is 0 Å². The summed E-state index contributed by atoms with van der Waals surface area (Å²) in [7, 11) is 0. The van der Waals surface area contributed by atoms with E-state index in [2.05, 4.69) is 13.5 Å². The summed E-state index contributed by atoms with van der Waals surface area (Å²) >= 11 is 0. The van der Waals surface area contributed by atoms with E-state index in [0.717, 1.165) is 17.8 Å². The Bertz CT molecular complexity index is 157. The minimum absolute atomic E-state index is 0.934. The Morgan fingerprint density at radius 1 is 1.30 bits per heavy atom. The largest absolute Gasteiger partial charge is 0.0996 e. The van der Waals surface area contributed by atoms with Gasteiger partial charge in [-0.25, -0.2) is 0 Å². The van der Waals surface area contributed by atoms with E-state index in [1.807, 2.05) is 0 Å². The highest BCUT2D eigenvalue weighted by atomic mass is 14.4. The van der Waals surface area contributed by atoms with E-state index in [9.17, 15) is 0 Å². The maximum absolute atomic E-state index is 4.08. The van der Waals surface area contributed by atoms with E-state index >= 15 is 0 Å². The average molecular weight is 136 g/mol. The van der Waals surface area contributed by atoms with Gasteiger partial charge in [0.25, 0.3) is 0 Å². The molecule has 0 aliphatic heterocycles. The molecule has 0 heteroatoms. The van der Waals surface area contributed by atoms with Crippen LogP contribution in [0.15, 0.2) is 12.2 Å². The van der Waals surface area contributed by atoms with Crippen LogP contribution < -0.4 is 0 Å². The third-order valence-corrected chi connectivity index (χ3v) is 3.50. The molecule has 10 heavy (non-hydrogen) atoms. The molecule has 0 heterocycles. The van der Waals surface area contributed by atoms with Crippen molar-refractivity contribution in [2.24, 2.45) is 17.8 Å². The summed E-state index contributed by atoms with van der Waals surface area (Å²) in [5, 5.41) is 0. The van der Waals surface area contributed by atoms with Crippen molar-refractivity contribution in [3.63, 3.8) is 0 Å². The summed E-state index contributed by atoms with van der Waals surface area (Å²) in [6.45, 7) is 6.47. The van der Waals surface area contributed by atoms with Gasteiger partial charge in [-0.15, -0.1) is 0 Å². The van der Waals surface area contributed by atoms with Crippen molar-refractivity contribution in [3.8, 4) is 0 Å². The maximum atomic E-state index is 4.08. The predicted molar refractivity (Wildman–Crippen MR) is 43.8 cm³/mol. The van der Waals surface area contributed by atoms with Crippen molar-refractivity contribution in [2.75, 3.05) is 0 Å². The Morgan fingerprint density at radius 3 is 2.20 bits per heavy atom. The Balaban J connectivity index is 1.93. The van der Waals surface area contributed by atoms with Gasteiger partial charge in [0.15, 0.2) is 0 Å². The molecule has 3 unspecified atom stereocenters. The zero-order valence-corrected chi connectivity index (χ0v) is 6.77. The van der Waals surface area contributed by atoms with Gasteiger partial charge in [-0.1, -0.05) is 25.5 Å². The van der Waals surface area contributed by atoms with Crippen LogP contribution in [-0.2, 0) is 0 Å². The minimum atomic E-state index is 0.934. The molecule has 2 rings (SSSR count). The zero-order valence-electron chi connectivity index (χ0n) is 6.77. The fraction of sp³-hybridized carbons (Fsp3) is 0.800. The van der Waals surface area contributed by atoms with Gasteiger partial charge < -0.3 is 0 Å². The first-order valence-corrected chi connectivity index (χ1v) is 4.46. The Labute approximate surface area is 63.3 Å². The van der Waals surface area contributed by atoms with E-state index in [1.54, 1.807) is 0 Å². The molecular formula is C10H16. The summed E-state index contributed by atoms with van der Waals surface area (Å²) in [4.78, 5) is 0. The lowest BCUT2D eigenvalue weighted by molar-refractivity contribution is 0.108. The summed E-state index contributed by atoms with van der Waals surface area (Å²) in [6, 6.07) is 0. The van der Waals surface area contributed by atoms with Crippen LogP contribution in [0, 0.1) is 17.8 Å². The summed E-state index contributed by atoms with van der Waals surface area (Å²) in [6.07, 6.45) is 5.70. The highest BCUT2D eigenvalue weighted by Gasteiger charge is 2.38. The van der Waals surface area contributed by atoms with Gasteiger partial charge in [0.05, 0.1) is 0 Å². The smallest absolute Gasteiger partial charge is 0.0172 e. The van der Waals surface area contributed by atoms with Gasteiger partial charge >= 0.3 is 0 Å². The highest BCUT2D eigenvalue weighted by Crippen LogP contribution is 2.49. The number of rotatable bonds is 1. The molecule has 3 atom stereocenters. The first-order chi connectivity index (χ1) is 4.79. The molecule has 2 aliphatic carbocycles. The molecule has 0 amide bonds. The molecular weight excluding hydrogens is 120 g/mol. The lowest BCUT2D eigenvalue weighted by Gasteiger charge is -2.45. The molecule has 0 nitrogen and oxygen atoms in total. The molecule has 0 spiro atoms. The van der Waals surface area contributed by atoms with Gasteiger partial charge in [0, 0.05) is 0 Å². The topological polar surface area (TPSA) is 0 Å². The van der Waals surface area contributed by atoms with Crippen molar-refractivity contribution < 1.29 is 0 Å². The molecule has 0 radical (unpaired) electrons. The predicted octanol–water partition coefficient (Wildman–Crippen LogP) is 3.00. The highest BCUT2D eigenvalue weighted by molar-refractivity contribution is 5.13. The second kappa shape index (κ2) is 2.11. The molecule has 0 saturated heterocycles. The van der Waals surface area contributed by atoms with Crippen molar-refractivity contribution >= 4 is 0 Å². The number of allylic oxidation sites excluding steroid dienone is 1. The Kier molecular flexibility index (Phi) is 1.36. The Morgan fingerprint density at radius 2 is 2.10 bits per heavy atom. The summed E-state index contributed by atoms with van der Waals surface area (Å²) < 4.78 is 0. The van der Waals surface area contributed by atoms with Crippen LogP contribution in [0.3, 0.4) is 0 Å². The normalized spacial score (nSPS) is 46.1. The molecule has 0 aromatic rings. The quantitative estimate of drug-likeness (QED) is 0.486. The van der Waals surface area contributed by atoms with Gasteiger partial charge in [-0.3, -0.25) is 0 Å². The van der Waals surface area contributed by atoms with Crippen LogP contribution in [0.25, 0.3) is 0 Å². The summed E-state index contributed by atoms with van der Waals surface area (Å²) in [5.74, 6) is 2.96. The van der Waals surface area contributed by atoms with Crippen LogP contribution in [0.5, 0.6) is 0 Å². The van der Waals surface area contributed by atoms with E-state index in [-0.39, 0.29) is 0 Å². The molecule has 0 aromatic heterocycles. The van der Waals surface area contributed by atoms with Gasteiger partial charge in [-0.2, -0.15) is 0 Å². The van der Waals surface area contributed by atoms with Crippen molar-refractivity contribution in [1.82, 2.24) is 0 Å². The average Bonchev–Trinajstić information content (AvgIpc) is 1.93. The van der Waals surface area contributed by atoms with Crippen LogP contribution in [0.2, 0.25) is 0 Å². The second-order valence-electron chi connectivity index (χ2n) is 4.02. The number of hydrogen-bond donors (Lipinski definition) is 0. The van der Waals surface area contributed by atoms with Crippen molar-refractivity contribution in [3.05, 3.63) is 12.2 Å². The van der Waals surface area contributed by atoms with E-state index in [0.29, 0.717) is 0 Å². The maximum Gasteiger partial charge on any atom is -0.0172 e. The third kappa shape index (κ3) is 0.744. The fourth-order valence-electron chi connectivity index (χ4n) is 2.32. The van der Waals surface area contributed by atoms with Gasteiger partial charge in [0.2, 0.25) is 0 Å². The van der Waals surface area contributed by atoms with Crippen LogP contribution in [-0.4, -0.2) is 0 Å². The SMILES string of the molecule is C=C1CCC1C1CCC1C. The summed E-state index contributed by atoms with van der Waals surface area (Å²) in [5.41, 5.74) is 1.54. The molecule has 2 fully saturated rings. The first kappa shape index (κ1) is 6.45. The third-order valence-electron chi connectivity index (χ3n) is 3.50. The van der Waals surface area contributed by atoms with E-state index in [1.165, 1.54) is 31.3 Å². The standard InChI is InChI=1S/C10H16/c1-7-3-5-9(7)10-6-4-8(10)2/h8-10H,1,3-6H2,2H3. The molecule has 0 bridgehead atoms. The lowest BCUT2D eigenvalue weighted by Crippen LogP contribution is -2.35. The van der Waals surface area contributed by atoms with Crippen LogP contribution >= 0.6 is 0 Å². The zero-order chi connectivity index (χ0) is 7.14. The first-order valence-electron chi connectivity index (χ1n) is 4.46.